The van der Waals surface area contributed by atoms with Gasteiger partial charge in [-0.25, -0.2) is 0 Å². The quantitative estimate of drug-likeness (QED) is 0.528. The van der Waals surface area contributed by atoms with Crippen molar-refractivity contribution < 1.29 is 9.47 Å². The number of nitrogens with one attached hydrogen (secondary N) is 1. The highest BCUT2D eigenvalue weighted by Gasteiger charge is 2.19. The van der Waals surface area contributed by atoms with Crippen LogP contribution < -0.4 is 5.32 Å². The van der Waals surface area contributed by atoms with Gasteiger partial charge in [0.2, 0.25) is 0 Å². The van der Waals surface area contributed by atoms with Crippen molar-refractivity contribution in [2.24, 2.45) is 5.92 Å². The summed E-state index contributed by atoms with van der Waals surface area (Å²) in [5, 5.41) is 3.83. The molecule has 0 aliphatic heterocycles. The fourth-order valence-corrected chi connectivity index (χ4v) is 2.51. The Kier molecular flexibility index (Phi) is 8.21. The lowest BCUT2D eigenvalue weighted by Gasteiger charge is -2.25. The summed E-state index contributed by atoms with van der Waals surface area (Å²) in [5.74, 6) is 0.759. The first-order valence-electron chi connectivity index (χ1n) is 6.24. The van der Waals surface area contributed by atoms with Gasteiger partial charge in [-0.2, -0.15) is 0 Å². The third-order valence-corrected chi connectivity index (χ3v) is 3.40. The fraction of sp³-hybridized carbons (Fsp3) is 1.00. The van der Waals surface area contributed by atoms with Gasteiger partial charge in [0.05, 0.1) is 19.8 Å². The van der Waals surface area contributed by atoms with Crippen molar-refractivity contribution in [2.45, 2.75) is 31.1 Å². The van der Waals surface area contributed by atoms with Gasteiger partial charge in [-0.05, 0) is 31.7 Å². The van der Waals surface area contributed by atoms with E-state index in [1.165, 1.54) is 25.7 Å². The van der Waals surface area contributed by atoms with Crippen LogP contribution in [-0.2, 0) is 9.47 Å². The maximum absolute atomic E-state index is 6.14. The molecule has 3 nitrogen and oxygen atoms in total. The SMILES string of the molecule is COCCOCCNCC1CCCC(Cl)C1. The molecule has 1 saturated carbocycles. The summed E-state index contributed by atoms with van der Waals surface area (Å²) >= 11 is 6.14. The van der Waals surface area contributed by atoms with Gasteiger partial charge in [-0.1, -0.05) is 6.42 Å². The molecule has 96 valence electrons. The summed E-state index contributed by atoms with van der Waals surface area (Å²) in [5.41, 5.74) is 0. The molecule has 0 spiro atoms. The summed E-state index contributed by atoms with van der Waals surface area (Å²) in [6.45, 7) is 4.13. The average Bonchev–Trinajstić information content (AvgIpc) is 2.28. The van der Waals surface area contributed by atoms with Crippen LogP contribution in [0.2, 0.25) is 0 Å². The zero-order chi connectivity index (χ0) is 11.6. The summed E-state index contributed by atoms with van der Waals surface area (Å²) < 4.78 is 10.3. The molecule has 0 aromatic carbocycles. The zero-order valence-corrected chi connectivity index (χ0v) is 11.0. The minimum absolute atomic E-state index is 0.401. The standard InChI is InChI=1S/C12H24ClNO2/c1-15-7-8-16-6-5-14-10-11-3-2-4-12(13)9-11/h11-12,14H,2-10H2,1H3. The molecule has 0 aromatic rings. The highest BCUT2D eigenvalue weighted by molar-refractivity contribution is 6.20. The highest BCUT2D eigenvalue weighted by atomic mass is 35.5. The van der Waals surface area contributed by atoms with E-state index >= 15 is 0 Å². The molecule has 0 aromatic heterocycles. The lowest BCUT2D eigenvalue weighted by atomic mass is 9.89. The van der Waals surface area contributed by atoms with Crippen LogP contribution in [0.4, 0.5) is 0 Å². The maximum Gasteiger partial charge on any atom is 0.0700 e. The number of halogens is 1. The minimum Gasteiger partial charge on any atom is -0.382 e. The molecule has 16 heavy (non-hydrogen) atoms. The second-order valence-electron chi connectivity index (χ2n) is 4.44. The Bertz CT molecular complexity index is 169. The van der Waals surface area contributed by atoms with E-state index in [-0.39, 0.29) is 0 Å². The topological polar surface area (TPSA) is 30.5 Å². The zero-order valence-electron chi connectivity index (χ0n) is 10.2. The van der Waals surface area contributed by atoms with Crippen LogP contribution in [-0.4, -0.2) is 45.4 Å². The van der Waals surface area contributed by atoms with Gasteiger partial charge >= 0.3 is 0 Å². The molecule has 1 rings (SSSR count). The number of rotatable bonds is 8. The second kappa shape index (κ2) is 9.23. The number of alkyl halides is 1. The fourth-order valence-electron chi connectivity index (χ4n) is 2.11. The lowest BCUT2D eigenvalue weighted by molar-refractivity contribution is 0.0715. The maximum atomic E-state index is 6.14. The third kappa shape index (κ3) is 6.69. The van der Waals surface area contributed by atoms with E-state index in [0.717, 1.165) is 25.6 Å². The van der Waals surface area contributed by atoms with E-state index in [1.807, 2.05) is 0 Å². The predicted octanol–water partition coefficient (Wildman–Crippen LogP) is 2.04. The van der Waals surface area contributed by atoms with Gasteiger partial charge in [0, 0.05) is 19.0 Å². The first-order chi connectivity index (χ1) is 7.83. The molecular formula is C12H24ClNO2. The molecule has 0 amide bonds. The van der Waals surface area contributed by atoms with Crippen molar-refractivity contribution in [3.8, 4) is 0 Å². The highest BCUT2D eigenvalue weighted by Crippen LogP contribution is 2.27. The number of methoxy groups -OCH3 is 1. The predicted molar refractivity (Wildman–Crippen MR) is 67.2 cm³/mol. The molecule has 1 N–H and O–H groups in total. The minimum atomic E-state index is 0.401. The molecule has 1 aliphatic rings. The van der Waals surface area contributed by atoms with Crippen LogP contribution in [0.1, 0.15) is 25.7 Å². The lowest BCUT2D eigenvalue weighted by Crippen LogP contribution is -2.30. The van der Waals surface area contributed by atoms with Crippen molar-refractivity contribution in [2.75, 3.05) is 40.0 Å². The molecular weight excluding hydrogens is 226 g/mol. The number of ether oxygens (including phenoxy) is 2. The Morgan fingerprint density at radius 3 is 2.88 bits per heavy atom. The average molecular weight is 250 g/mol. The second-order valence-corrected chi connectivity index (χ2v) is 5.06. The molecule has 1 fully saturated rings. The molecule has 2 atom stereocenters. The molecule has 0 saturated heterocycles. The summed E-state index contributed by atoms with van der Waals surface area (Å²) in [7, 11) is 1.69. The Hall–Kier alpha value is 0.170. The van der Waals surface area contributed by atoms with E-state index < -0.39 is 0 Å². The summed E-state index contributed by atoms with van der Waals surface area (Å²) in [6, 6.07) is 0. The van der Waals surface area contributed by atoms with E-state index in [0.29, 0.717) is 18.6 Å². The van der Waals surface area contributed by atoms with Gasteiger partial charge < -0.3 is 14.8 Å². The van der Waals surface area contributed by atoms with E-state index in [2.05, 4.69) is 5.32 Å². The van der Waals surface area contributed by atoms with Crippen molar-refractivity contribution in [3.63, 3.8) is 0 Å². The van der Waals surface area contributed by atoms with Crippen LogP contribution in [0.25, 0.3) is 0 Å². The summed E-state index contributed by atoms with van der Waals surface area (Å²) in [6.07, 6.45) is 4.96. The van der Waals surface area contributed by atoms with Crippen molar-refractivity contribution in [3.05, 3.63) is 0 Å². The largest absolute Gasteiger partial charge is 0.382 e. The van der Waals surface area contributed by atoms with Crippen molar-refractivity contribution >= 4 is 11.6 Å². The number of hydrogen-bond acceptors (Lipinski definition) is 3. The monoisotopic (exact) mass is 249 g/mol. The smallest absolute Gasteiger partial charge is 0.0700 e. The van der Waals surface area contributed by atoms with Crippen LogP contribution >= 0.6 is 11.6 Å². The molecule has 1 aliphatic carbocycles. The first kappa shape index (κ1) is 14.2. The van der Waals surface area contributed by atoms with Gasteiger partial charge in [-0.15, -0.1) is 11.6 Å². The van der Waals surface area contributed by atoms with Crippen LogP contribution in [0.5, 0.6) is 0 Å². The molecule has 0 heterocycles. The van der Waals surface area contributed by atoms with Crippen LogP contribution in [0.15, 0.2) is 0 Å². The van der Waals surface area contributed by atoms with E-state index in [9.17, 15) is 0 Å². The Labute approximate surface area is 104 Å². The Morgan fingerprint density at radius 2 is 2.12 bits per heavy atom. The normalized spacial score (nSPS) is 25.9. The van der Waals surface area contributed by atoms with Crippen LogP contribution in [0, 0.1) is 5.92 Å². The van der Waals surface area contributed by atoms with Gasteiger partial charge in [0.15, 0.2) is 0 Å². The van der Waals surface area contributed by atoms with Crippen LogP contribution in [0.3, 0.4) is 0 Å². The Morgan fingerprint density at radius 1 is 1.25 bits per heavy atom. The molecule has 2 unspecified atom stereocenters. The van der Waals surface area contributed by atoms with Crippen molar-refractivity contribution in [1.82, 2.24) is 5.32 Å². The molecule has 4 heteroatoms. The van der Waals surface area contributed by atoms with E-state index in [4.69, 9.17) is 21.1 Å². The first-order valence-corrected chi connectivity index (χ1v) is 6.68. The van der Waals surface area contributed by atoms with E-state index in [1.54, 1.807) is 7.11 Å². The third-order valence-electron chi connectivity index (χ3n) is 3.01. The molecule has 0 radical (unpaired) electrons. The van der Waals surface area contributed by atoms with Gasteiger partial charge in [0.1, 0.15) is 0 Å². The van der Waals surface area contributed by atoms with Gasteiger partial charge in [-0.3, -0.25) is 0 Å². The number of hydrogen-bond donors (Lipinski definition) is 1. The van der Waals surface area contributed by atoms with Gasteiger partial charge in [0.25, 0.3) is 0 Å². The molecule has 0 bridgehead atoms. The Balaban J connectivity index is 1.86. The van der Waals surface area contributed by atoms with Crippen molar-refractivity contribution in [1.29, 1.82) is 0 Å². The summed E-state index contributed by atoms with van der Waals surface area (Å²) in [4.78, 5) is 0.